The number of nitrogens with two attached hydrogens (primary N) is 2. The molecule has 374 valence electrons. The minimum Gasteiger partial charge on any atom is -0.491 e. The number of halogens is 3. The highest BCUT2D eigenvalue weighted by Gasteiger charge is 2.23. The van der Waals surface area contributed by atoms with Gasteiger partial charge in [-0.2, -0.15) is 29.2 Å². The second-order valence-corrected chi connectivity index (χ2v) is 16.7. The molecule has 2 aliphatic rings. The van der Waals surface area contributed by atoms with Gasteiger partial charge in [0.25, 0.3) is 0 Å². The highest BCUT2D eigenvalue weighted by Crippen LogP contribution is 2.27. The zero-order chi connectivity index (χ0) is 49.6. The Morgan fingerprint density at radius 3 is 1.51 bits per heavy atom. The molecule has 2 saturated heterocycles. The number of hydrogen-bond donors (Lipinski definition) is 2. The molecule has 0 aliphatic carbocycles. The Labute approximate surface area is 405 Å². The monoisotopic (exact) mass is 980 g/mol. The molecule has 0 spiro atoms. The summed E-state index contributed by atoms with van der Waals surface area (Å²) >= 11 is 0. The maximum absolute atomic E-state index is 14.7. The van der Waals surface area contributed by atoms with Crippen molar-refractivity contribution >= 4 is 68.3 Å². The lowest BCUT2D eigenvalue weighted by molar-refractivity contribution is 0.146. The summed E-state index contributed by atoms with van der Waals surface area (Å²) in [6.07, 6.45) is 3.29. The number of hydrogen-bond acceptors (Lipinski definition) is 18. The first-order valence-electron chi connectivity index (χ1n) is 23.0. The van der Waals surface area contributed by atoms with Gasteiger partial charge in [0.2, 0.25) is 23.5 Å². The van der Waals surface area contributed by atoms with Crippen LogP contribution in [0.4, 0.5) is 36.4 Å². The molecule has 0 amide bonds. The van der Waals surface area contributed by atoms with Gasteiger partial charge in [-0.15, -0.1) is 10.2 Å². The number of nitrogen functional groups attached to an aromatic ring is 2. The van der Waals surface area contributed by atoms with E-state index in [-0.39, 0.29) is 29.4 Å². The molecule has 0 atom stereocenters. The number of methoxy groups -OCH3 is 2. The highest BCUT2D eigenvalue weighted by molar-refractivity contribution is 5.91. The molecule has 0 radical (unpaired) electrons. The van der Waals surface area contributed by atoms with E-state index < -0.39 is 11.7 Å². The van der Waals surface area contributed by atoms with E-state index in [0.717, 1.165) is 58.1 Å². The van der Waals surface area contributed by atoms with Crippen molar-refractivity contribution in [1.29, 1.82) is 0 Å². The number of fused-ring (bicyclic) bond motifs is 6. The summed E-state index contributed by atoms with van der Waals surface area (Å²) in [7, 11) is 3.25. The van der Waals surface area contributed by atoms with Crippen LogP contribution < -0.4 is 30.7 Å². The van der Waals surface area contributed by atoms with Crippen molar-refractivity contribution in [3.05, 3.63) is 85.5 Å². The van der Waals surface area contributed by atoms with Crippen molar-refractivity contribution in [3.63, 3.8) is 0 Å². The van der Waals surface area contributed by atoms with Crippen molar-refractivity contribution in [2.45, 2.75) is 13.1 Å². The molecule has 4 N–H and O–H groups in total. The molecular formula is C46H55F3N18O4. The predicted molar refractivity (Wildman–Crippen MR) is 262 cm³/mol. The van der Waals surface area contributed by atoms with Crippen LogP contribution in [0.2, 0.25) is 0 Å². The first kappa shape index (κ1) is 48.4. The lowest BCUT2D eigenvalue weighted by atomic mass is 10.2. The van der Waals surface area contributed by atoms with Gasteiger partial charge in [0.05, 0.1) is 55.2 Å². The van der Waals surface area contributed by atoms with Crippen molar-refractivity contribution < 1.29 is 32.1 Å². The lowest BCUT2D eigenvalue weighted by Gasteiger charge is -2.36. The Morgan fingerprint density at radius 2 is 1.04 bits per heavy atom. The summed E-state index contributed by atoms with van der Waals surface area (Å²) in [4.78, 5) is 26.3. The summed E-state index contributed by atoms with van der Waals surface area (Å²) in [5.74, 6) is -0.465. The minimum absolute atomic E-state index is 0.0880. The number of nitrogens with zero attached hydrogens (tertiary/aromatic N) is 16. The van der Waals surface area contributed by atoms with E-state index in [1.807, 2.05) is 17.0 Å². The molecule has 10 rings (SSSR count). The summed E-state index contributed by atoms with van der Waals surface area (Å²) in [6, 6.07) is 13.1. The second-order valence-electron chi connectivity index (χ2n) is 16.7. The first-order chi connectivity index (χ1) is 34.5. The van der Waals surface area contributed by atoms with Gasteiger partial charge in [-0.1, -0.05) is 13.2 Å². The number of ether oxygens (including phenoxy) is 4. The molecule has 0 bridgehead atoms. The predicted octanol–water partition coefficient (Wildman–Crippen LogP) is 3.83. The molecule has 0 saturated carbocycles. The molecule has 6 aromatic heterocycles. The van der Waals surface area contributed by atoms with Crippen LogP contribution in [0.25, 0.3) is 45.0 Å². The molecule has 0 unspecified atom stereocenters. The third-order valence-corrected chi connectivity index (χ3v) is 12.3. The Balaban J connectivity index is 0.000000176. The van der Waals surface area contributed by atoms with Gasteiger partial charge in [0.1, 0.15) is 30.5 Å². The van der Waals surface area contributed by atoms with Gasteiger partial charge in [0, 0.05) is 91.4 Å². The van der Waals surface area contributed by atoms with E-state index in [4.69, 9.17) is 30.4 Å². The molecule has 2 fully saturated rings. The number of aromatic nitrogens is 12. The third kappa shape index (κ3) is 10.8. The average Bonchev–Trinajstić information content (AvgIpc) is 4.20. The van der Waals surface area contributed by atoms with E-state index >= 15 is 0 Å². The van der Waals surface area contributed by atoms with Gasteiger partial charge >= 0.3 is 0 Å². The van der Waals surface area contributed by atoms with E-state index in [0.29, 0.717) is 97.4 Å². The fraction of sp³-hybridized carbons (Fsp3) is 0.391. The normalized spacial score (nSPS) is 14.7. The SMILES string of the molecule is C=C(F)c1nc2c3cnn(CCN4CCN(c5ccc(OCCOC)cc5)CC4)c3nc(N)n2n1.C=C(F)c1nc2c3cnn(CCN4CCN(c5ccc(OCCOC)cc5F)CC4)c3nc(N)n2n1. The molecule has 2 aromatic carbocycles. The van der Waals surface area contributed by atoms with E-state index in [1.165, 1.54) is 20.8 Å². The molecule has 25 heteroatoms. The van der Waals surface area contributed by atoms with Crippen molar-refractivity contribution in [1.82, 2.24) is 68.5 Å². The number of benzene rings is 2. The van der Waals surface area contributed by atoms with E-state index in [2.05, 4.69) is 80.3 Å². The van der Waals surface area contributed by atoms with Crippen molar-refractivity contribution in [2.75, 3.05) is 127 Å². The highest BCUT2D eigenvalue weighted by atomic mass is 19.1. The van der Waals surface area contributed by atoms with Gasteiger partial charge in [0.15, 0.2) is 34.2 Å². The molecule has 22 nitrogen and oxygen atoms in total. The first-order valence-corrected chi connectivity index (χ1v) is 23.0. The van der Waals surface area contributed by atoms with Crippen LogP contribution in [-0.2, 0) is 22.6 Å². The maximum atomic E-state index is 14.7. The Morgan fingerprint density at radius 1 is 0.577 bits per heavy atom. The Kier molecular flexibility index (Phi) is 14.7. The van der Waals surface area contributed by atoms with Crippen molar-refractivity contribution in [3.8, 4) is 11.5 Å². The smallest absolute Gasteiger partial charge is 0.225 e. The molecular weight excluding hydrogens is 926 g/mol. The van der Waals surface area contributed by atoms with Crippen LogP contribution >= 0.6 is 0 Å². The van der Waals surface area contributed by atoms with Crippen molar-refractivity contribution in [2.24, 2.45) is 0 Å². The molecule has 8 heterocycles. The summed E-state index contributed by atoms with van der Waals surface area (Å²) in [5.41, 5.74) is 15.8. The van der Waals surface area contributed by atoms with Crippen LogP contribution in [0.1, 0.15) is 11.6 Å². The number of rotatable bonds is 18. The van der Waals surface area contributed by atoms with Crippen LogP contribution in [0, 0.1) is 5.82 Å². The maximum Gasteiger partial charge on any atom is 0.225 e. The minimum atomic E-state index is -0.746. The van der Waals surface area contributed by atoms with Crippen LogP contribution in [0.3, 0.4) is 0 Å². The third-order valence-electron chi connectivity index (χ3n) is 12.3. The second kappa shape index (κ2) is 21.6. The zero-order valence-corrected chi connectivity index (χ0v) is 39.5. The molecule has 8 aromatic rings. The Bertz CT molecular complexity index is 3140. The van der Waals surface area contributed by atoms with E-state index in [1.54, 1.807) is 48.1 Å². The lowest BCUT2D eigenvalue weighted by Crippen LogP contribution is -2.47. The largest absolute Gasteiger partial charge is 0.491 e. The topological polar surface area (TPSA) is 224 Å². The fourth-order valence-corrected chi connectivity index (χ4v) is 8.46. The van der Waals surface area contributed by atoms with Crippen LogP contribution in [0.15, 0.2) is 68.0 Å². The molecule has 71 heavy (non-hydrogen) atoms. The fourth-order valence-electron chi connectivity index (χ4n) is 8.46. The summed E-state index contributed by atoms with van der Waals surface area (Å²) in [5, 5.41) is 18.2. The molecule has 2 aliphatic heterocycles. The summed E-state index contributed by atoms with van der Waals surface area (Å²) in [6.45, 7) is 17.9. The van der Waals surface area contributed by atoms with Crippen LogP contribution in [-0.4, -0.2) is 175 Å². The van der Waals surface area contributed by atoms with Gasteiger partial charge < -0.3 is 40.2 Å². The average molecular weight is 981 g/mol. The van der Waals surface area contributed by atoms with E-state index in [9.17, 15) is 13.2 Å². The van der Waals surface area contributed by atoms with Gasteiger partial charge in [-0.3, -0.25) is 9.80 Å². The Hall–Kier alpha value is -7.61. The van der Waals surface area contributed by atoms with Gasteiger partial charge in [-0.05, 0) is 36.4 Å². The summed E-state index contributed by atoms with van der Waals surface area (Å²) < 4.78 is 68.9. The number of anilines is 4. The standard InChI is InChI=1S/C23H27F2N9O2.C23H28FN9O2/c1-15(24)20-28-22-17-14-27-33(21(17)29-23(26)34(22)30-20)10-7-31-5-8-32(9-6-31)19-4-3-16(13-18(19)25)36-12-11-35-2;1-16(24)20-27-22-19-15-26-32(21(19)28-23(25)33(22)29-20)12-9-30-7-10-31(11-8-30)17-3-5-18(6-4-17)35-14-13-34-2/h3-4,13-14H,1,5-12H2,2H3,(H2,26,29);3-6,15H,1,7-14H2,2H3,(H2,25,28). The van der Waals surface area contributed by atoms with Crippen LogP contribution in [0.5, 0.6) is 11.5 Å². The zero-order valence-electron chi connectivity index (χ0n) is 39.5. The van der Waals surface area contributed by atoms with Gasteiger partial charge in [-0.25, -0.2) is 32.5 Å². The quantitative estimate of drug-likeness (QED) is 0.117. The number of piperazine rings is 2.